The van der Waals surface area contributed by atoms with Gasteiger partial charge < -0.3 is 19.3 Å². The molecular formula is C30H31Br2FO6. The molecule has 0 unspecified atom stereocenters. The van der Waals surface area contributed by atoms with Crippen molar-refractivity contribution in [1.82, 2.24) is 0 Å². The summed E-state index contributed by atoms with van der Waals surface area (Å²) in [5, 5.41) is 8.86. The quantitative estimate of drug-likeness (QED) is 0.207. The van der Waals surface area contributed by atoms with Crippen molar-refractivity contribution in [1.29, 1.82) is 0 Å². The first kappa shape index (κ1) is 35.3. The fourth-order valence-corrected chi connectivity index (χ4v) is 3.57. The maximum Gasteiger partial charge on any atom is 0.151 e. The summed E-state index contributed by atoms with van der Waals surface area (Å²) in [5.41, 5.74) is 1.05. The maximum atomic E-state index is 12.3. The summed E-state index contributed by atoms with van der Waals surface area (Å²) in [7, 11) is 3.17. The van der Waals surface area contributed by atoms with E-state index >= 15 is 0 Å². The fraction of sp³-hybridized carbons (Fsp3) is 0.133. The minimum Gasteiger partial charge on any atom is -0.508 e. The number of rotatable bonds is 6. The van der Waals surface area contributed by atoms with Gasteiger partial charge in [-0.3, -0.25) is 9.59 Å². The van der Waals surface area contributed by atoms with Crippen LogP contribution in [0.25, 0.3) is 0 Å². The number of halogens is 3. The average Bonchev–Trinajstić information content (AvgIpc) is 2.90. The summed E-state index contributed by atoms with van der Waals surface area (Å²) < 4.78 is 29.2. The van der Waals surface area contributed by atoms with Crippen molar-refractivity contribution in [2.45, 2.75) is 14.9 Å². The van der Waals surface area contributed by atoms with Crippen LogP contribution in [-0.4, -0.2) is 31.9 Å². The van der Waals surface area contributed by atoms with Crippen LogP contribution in [0.5, 0.6) is 28.7 Å². The maximum absolute atomic E-state index is 12.3. The summed E-state index contributed by atoms with van der Waals surface area (Å²) in [4.78, 5) is 20.9. The lowest BCUT2D eigenvalue weighted by Crippen LogP contribution is -1.88. The van der Waals surface area contributed by atoms with E-state index in [4.69, 9.17) is 19.3 Å². The monoisotopic (exact) mass is 664 g/mol. The Labute approximate surface area is 245 Å². The van der Waals surface area contributed by atoms with Gasteiger partial charge in [-0.15, -0.1) is 0 Å². The van der Waals surface area contributed by atoms with Crippen molar-refractivity contribution >= 4 is 44.4 Å². The molecule has 0 heterocycles. The zero-order valence-corrected chi connectivity index (χ0v) is 23.0. The first-order chi connectivity index (χ1) is 17.8. The standard InChI is InChI=1S/C14H11BrO3.C7H4BrFO.C7H8O2.2CH4/c1-17-11-3-2-4-12(7-11)18-13-6-5-10(9-16)14(15)8-13;8-7-3-6(9)2-1-5(7)4-10;1-9-7-4-2-3-6(8)5-7;;/h2-9H,1H3;1-4H;2-5,8H,1H3;2*1H4. The number of phenolic OH excluding ortho intramolecular Hbond substituents is 1. The van der Waals surface area contributed by atoms with Crippen molar-refractivity contribution < 1.29 is 33.3 Å². The molecule has 4 aromatic carbocycles. The third kappa shape index (κ3) is 12.1. The smallest absolute Gasteiger partial charge is 0.151 e. The van der Waals surface area contributed by atoms with Gasteiger partial charge in [0.25, 0.3) is 0 Å². The normalized spacial score (nSPS) is 9.05. The van der Waals surface area contributed by atoms with Crippen LogP contribution in [0.4, 0.5) is 4.39 Å². The molecule has 0 atom stereocenters. The predicted octanol–water partition coefficient (Wildman–Crippen LogP) is 9.14. The van der Waals surface area contributed by atoms with Gasteiger partial charge in [-0.2, -0.15) is 0 Å². The van der Waals surface area contributed by atoms with Gasteiger partial charge >= 0.3 is 0 Å². The summed E-state index contributed by atoms with van der Waals surface area (Å²) in [5.74, 6) is 2.62. The zero-order chi connectivity index (χ0) is 27.2. The van der Waals surface area contributed by atoms with Crippen molar-refractivity contribution in [2.75, 3.05) is 14.2 Å². The van der Waals surface area contributed by atoms with Gasteiger partial charge in [0.05, 0.1) is 14.2 Å². The lowest BCUT2D eigenvalue weighted by molar-refractivity contribution is 0.111. The molecule has 0 bridgehead atoms. The average molecular weight is 666 g/mol. The van der Waals surface area contributed by atoms with Crippen molar-refractivity contribution in [2.24, 2.45) is 0 Å². The molecule has 0 saturated carbocycles. The van der Waals surface area contributed by atoms with Crippen LogP contribution >= 0.6 is 31.9 Å². The molecule has 0 radical (unpaired) electrons. The first-order valence-electron chi connectivity index (χ1n) is 10.6. The van der Waals surface area contributed by atoms with Crippen molar-refractivity contribution in [3.8, 4) is 28.7 Å². The second kappa shape index (κ2) is 18.5. The number of aldehydes is 2. The first-order valence-corrected chi connectivity index (χ1v) is 12.2. The summed E-state index contributed by atoms with van der Waals surface area (Å²) in [6.07, 6.45) is 1.46. The predicted molar refractivity (Wildman–Crippen MR) is 160 cm³/mol. The summed E-state index contributed by atoms with van der Waals surface area (Å²) in [6, 6.07) is 23.1. The van der Waals surface area contributed by atoms with Gasteiger partial charge in [-0.1, -0.05) is 27.0 Å². The number of ether oxygens (including phenoxy) is 3. The van der Waals surface area contributed by atoms with E-state index in [1.54, 1.807) is 62.8 Å². The van der Waals surface area contributed by atoms with Gasteiger partial charge in [-0.25, -0.2) is 4.39 Å². The van der Waals surface area contributed by atoms with E-state index in [9.17, 15) is 14.0 Å². The van der Waals surface area contributed by atoms with E-state index in [1.165, 1.54) is 18.2 Å². The minimum atomic E-state index is -0.350. The molecule has 0 amide bonds. The molecule has 0 saturated heterocycles. The summed E-state index contributed by atoms with van der Waals surface area (Å²) >= 11 is 6.35. The number of phenols is 1. The van der Waals surface area contributed by atoms with Crippen LogP contribution in [0.15, 0.2) is 93.9 Å². The Morgan fingerprint density at radius 3 is 1.64 bits per heavy atom. The highest BCUT2D eigenvalue weighted by Crippen LogP contribution is 2.28. The Morgan fingerprint density at radius 1 is 0.667 bits per heavy atom. The minimum absolute atomic E-state index is 0. The molecule has 0 aromatic heterocycles. The second-order valence-electron chi connectivity index (χ2n) is 7.07. The topological polar surface area (TPSA) is 82.1 Å². The number of hydrogen-bond donors (Lipinski definition) is 1. The van der Waals surface area contributed by atoms with Crippen LogP contribution in [-0.2, 0) is 0 Å². The van der Waals surface area contributed by atoms with E-state index in [1.807, 2.05) is 18.2 Å². The number of hydrogen-bond acceptors (Lipinski definition) is 6. The molecule has 0 aliphatic heterocycles. The lowest BCUT2D eigenvalue weighted by Gasteiger charge is -2.08. The number of benzene rings is 4. The Balaban J connectivity index is 0.000000589. The van der Waals surface area contributed by atoms with E-state index in [0.717, 1.165) is 12.0 Å². The summed E-state index contributed by atoms with van der Waals surface area (Å²) in [6.45, 7) is 0. The highest BCUT2D eigenvalue weighted by molar-refractivity contribution is 9.10. The van der Waals surface area contributed by atoms with Gasteiger partial charge in [-0.05, 0) is 92.5 Å². The lowest BCUT2D eigenvalue weighted by atomic mass is 10.2. The molecule has 4 rings (SSSR count). The fourth-order valence-electron chi connectivity index (χ4n) is 2.68. The molecule has 1 N–H and O–H groups in total. The van der Waals surface area contributed by atoms with Crippen LogP contribution in [0.2, 0.25) is 0 Å². The molecule has 39 heavy (non-hydrogen) atoms. The third-order valence-electron chi connectivity index (χ3n) is 4.52. The molecule has 4 aromatic rings. The number of aromatic hydroxyl groups is 1. The molecule has 208 valence electrons. The SMILES string of the molecule is C.C.COc1cccc(O)c1.COc1cccc(Oc2ccc(C=O)c(Br)c2)c1.O=Cc1ccc(F)cc1Br. The van der Waals surface area contributed by atoms with Gasteiger partial charge in [0.1, 0.15) is 34.6 Å². The Kier molecular flexibility index (Phi) is 16.8. The van der Waals surface area contributed by atoms with Crippen molar-refractivity contribution in [3.05, 3.63) is 111 Å². The van der Waals surface area contributed by atoms with Crippen LogP contribution in [0, 0.1) is 5.82 Å². The van der Waals surface area contributed by atoms with Gasteiger partial charge in [0.15, 0.2) is 12.6 Å². The molecule has 0 fully saturated rings. The molecule has 0 spiro atoms. The molecular weight excluding hydrogens is 635 g/mol. The van der Waals surface area contributed by atoms with Gasteiger partial charge in [0, 0.05) is 32.2 Å². The Hall–Kier alpha value is -3.69. The Morgan fingerprint density at radius 2 is 1.15 bits per heavy atom. The molecule has 6 nitrogen and oxygen atoms in total. The highest BCUT2D eigenvalue weighted by Gasteiger charge is 2.03. The van der Waals surface area contributed by atoms with Crippen LogP contribution < -0.4 is 14.2 Å². The van der Waals surface area contributed by atoms with Gasteiger partial charge in [0.2, 0.25) is 0 Å². The number of carbonyl (C=O) groups is 2. The van der Waals surface area contributed by atoms with E-state index in [2.05, 4.69) is 31.9 Å². The Bertz CT molecular complexity index is 1330. The van der Waals surface area contributed by atoms with Crippen LogP contribution in [0.3, 0.4) is 0 Å². The van der Waals surface area contributed by atoms with Crippen LogP contribution in [0.1, 0.15) is 35.6 Å². The van der Waals surface area contributed by atoms with E-state index in [-0.39, 0.29) is 26.4 Å². The number of methoxy groups -OCH3 is 2. The second-order valence-corrected chi connectivity index (χ2v) is 8.78. The highest BCUT2D eigenvalue weighted by atomic mass is 79.9. The third-order valence-corrected chi connectivity index (χ3v) is 5.89. The molecule has 9 heteroatoms. The molecule has 0 aliphatic carbocycles. The van der Waals surface area contributed by atoms with Crippen molar-refractivity contribution in [3.63, 3.8) is 0 Å². The largest absolute Gasteiger partial charge is 0.508 e. The van der Waals surface area contributed by atoms with E-state index in [0.29, 0.717) is 43.6 Å². The van der Waals surface area contributed by atoms with E-state index < -0.39 is 0 Å². The molecule has 0 aliphatic rings. The number of carbonyl (C=O) groups excluding carboxylic acids is 2. The zero-order valence-electron chi connectivity index (χ0n) is 19.9.